The van der Waals surface area contributed by atoms with E-state index in [0.717, 1.165) is 0 Å². The van der Waals surface area contributed by atoms with E-state index in [9.17, 15) is 4.79 Å². The molecule has 0 N–H and O–H groups in total. The van der Waals surface area contributed by atoms with Crippen LogP contribution in [-0.2, 0) is 9.53 Å². The van der Waals surface area contributed by atoms with E-state index in [-0.39, 0.29) is 5.97 Å². The van der Waals surface area contributed by atoms with E-state index in [2.05, 4.69) is 4.74 Å². The number of benzene rings is 2. The van der Waals surface area contributed by atoms with E-state index < -0.39 is 0 Å². The summed E-state index contributed by atoms with van der Waals surface area (Å²) < 4.78 is 4.11. The first kappa shape index (κ1) is 34.3. The van der Waals surface area contributed by atoms with Crippen molar-refractivity contribution in [2.75, 3.05) is 7.11 Å². The fraction of sp³-hybridized carbons (Fsp3) is 0.435. The summed E-state index contributed by atoms with van der Waals surface area (Å²) in [6.45, 7) is 17.4. The normalized spacial score (nSPS) is 6.16. The number of rotatable bonds is 0. The summed E-state index contributed by atoms with van der Waals surface area (Å²) >= 11 is 0. The molecule has 0 saturated carbocycles. The van der Waals surface area contributed by atoms with Crippen molar-refractivity contribution in [3.8, 4) is 0 Å². The van der Waals surface area contributed by atoms with Gasteiger partial charge in [-0.2, -0.15) is 0 Å². The molecule has 25 heavy (non-hydrogen) atoms. The molecule has 0 atom stereocenters. The van der Waals surface area contributed by atoms with Gasteiger partial charge in [0.1, 0.15) is 0 Å². The van der Waals surface area contributed by atoms with Crippen LogP contribution in [0.15, 0.2) is 72.8 Å². The van der Waals surface area contributed by atoms with Crippen LogP contribution in [0, 0.1) is 0 Å². The number of esters is 1. The fourth-order valence-electron chi connectivity index (χ4n) is 0.770. The molecule has 0 heterocycles. The van der Waals surface area contributed by atoms with Gasteiger partial charge in [0.15, 0.2) is 0 Å². The third kappa shape index (κ3) is 61.2. The van der Waals surface area contributed by atoms with E-state index in [0.29, 0.717) is 0 Å². The Balaban J connectivity index is -0.0000000670. The highest BCUT2D eigenvalue weighted by Crippen LogP contribution is 1.80. The van der Waals surface area contributed by atoms with E-state index in [1.54, 1.807) is 0 Å². The van der Waals surface area contributed by atoms with E-state index >= 15 is 0 Å². The van der Waals surface area contributed by atoms with Gasteiger partial charge in [0.25, 0.3) is 0 Å². The van der Waals surface area contributed by atoms with E-state index in [4.69, 9.17) is 0 Å². The van der Waals surface area contributed by atoms with Gasteiger partial charge in [-0.25, -0.2) is 0 Å². The molecule has 146 valence electrons. The summed E-state index contributed by atoms with van der Waals surface area (Å²) in [5.41, 5.74) is 0. The Hall–Kier alpha value is -2.09. The zero-order valence-electron chi connectivity index (χ0n) is 18.2. The van der Waals surface area contributed by atoms with Crippen molar-refractivity contribution in [1.82, 2.24) is 0 Å². The lowest BCUT2D eigenvalue weighted by Gasteiger charge is -1.80. The quantitative estimate of drug-likeness (QED) is 0.456. The van der Waals surface area contributed by atoms with Crippen LogP contribution < -0.4 is 0 Å². The summed E-state index contributed by atoms with van der Waals surface area (Å²) in [6, 6.07) is 24.0. The monoisotopic (exact) mass is 350 g/mol. The molecule has 0 unspecified atom stereocenters. The van der Waals surface area contributed by atoms with Gasteiger partial charge in [-0.1, -0.05) is 128 Å². The second kappa shape index (κ2) is 49.5. The van der Waals surface area contributed by atoms with Crippen molar-refractivity contribution in [3.63, 3.8) is 0 Å². The summed E-state index contributed by atoms with van der Waals surface area (Å²) in [5, 5.41) is 0. The Morgan fingerprint density at radius 3 is 0.600 bits per heavy atom. The number of methoxy groups -OCH3 is 1. The highest BCUT2D eigenvalue weighted by molar-refractivity contribution is 5.65. The first-order valence-electron chi connectivity index (χ1n) is 9.32. The molecule has 2 aromatic rings. The summed E-state index contributed by atoms with van der Waals surface area (Å²) in [6.07, 6.45) is 0. The van der Waals surface area contributed by atoms with Crippen molar-refractivity contribution in [2.45, 2.75) is 62.3 Å². The number of carbonyl (C=O) groups is 1. The number of carbonyl (C=O) groups excluding carboxylic acids is 1. The van der Waals surface area contributed by atoms with Crippen molar-refractivity contribution >= 4 is 5.97 Å². The van der Waals surface area contributed by atoms with Gasteiger partial charge in [0.05, 0.1) is 7.11 Å². The molecule has 0 bridgehead atoms. The van der Waals surface area contributed by atoms with Crippen molar-refractivity contribution in [1.29, 1.82) is 0 Å². The van der Waals surface area contributed by atoms with Crippen molar-refractivity contribution < 1.29 is 9.53 Å². The molecule has 0 saturated heterocycles. The van der Waals surface area contributed by atoms with Gasteiger partial charge in [-0.15, -0.1) is 0 Å². The summed E-state index contributed by atoms with van der Waals surface area (Å²) in [5.74, 6) is -0.245. The molecule has 2 nitrogen and oxygen atoms in total. The van der Waals surface area contributed by atoms with Gasteiger partial charge in [-0.3, -0.25) is 4.79 Å². The first-order chi connectivity index (χ1) is 12.3. The van der Waals surface area contributed by atoms with Crippen LogP contribution in [0.1, 0.15) is 62.3 Å². The number of hydrogen-bond donors (Lipinski definition) is 0. The van der Waals surface area contributed by atoms with E-state index in [1.807, 2.05) is 128 Å². The average molecular weight is 351 g/mol. The van der Waals surface area contributed by atoms with Gasteiger partial charge < -0.3 is 4.74 Å². The number of ether oxygens (including phenoxy) is 1. The molecular formula is C23H42O2. The largest absolute Gasteiger partial charge is 0.469 e. The van der Waals surface area contributed by atoms with Gasteiger partial charge in [-0.05, 0) is 0 Å². The molecule has 0 amide bonds. The molecule has 0 aliphatic rings. The van der Waals surface area contributed by atoms with Crippen LogP contribution in [0.4, 0.5) is 0 Å². The average Bonchev–Trinajstić information content (AvgIpc) is 2.77. The Morgan fingerprint density at radius 2 is 0.560 bits per heavy atom. The minimum absolute atomic E-state index is 0.245. The molecule has 0 spiro atoms. The predicted molar refractivity (Wildman–Crippen MR) is 116 cm³/mol. The highest BCUT2D eigenvalue weighted by Gasteiger charge is 1.75. The van der Waals surface area contributed by atoms with Crippen LogP contribution in [0.25, 0.3) is 0 Å². The lowest BCUT2D eigenvalue weighted by molar-refractivity contribution is -0.137. The lowest BCUT2D eigenvalue weighted by atomic mass is 10.4. The molecule has 0 aliphatic heterocycles. The molecule has 2 heteroatoms. The SMILES string of the molecule is CC.CC.CC.CC.COC(C)=O.c1ccccc1.c1ccccc1. The molecule has 2 aromatic carbocycles. The second-order valence-electron chi connectivity index (χ2n) is 3.01. The Bertz CT molecular complexity index is 273. The van der Waals surface area contributed by atoms with Crippen molar-refractivity contribution in [2.24, 2.45) is 0 Å². The third-order valence-corrected chi connectivity index (χ3v) is 1.62. The highest BCUT2D eigenvalue weighted by atomic mass is 16.5. The summed E-state index contributed by atoms with van der Waals surface area (Å²) in [4.78, 5) is 9.59. The minimum Gasteiger partial charge on any atom is -0.469 e. The van der Waals surface area contributed by atoms with Gasteiger partial charge >= 0.3 is 5.97 Å². The standard InChI is InChI=1S/2C6H6.C3H6O2.4C2H6/c2*1-2-4-6-5-3-1;1-3(4)5-2;4*1-2/h2*1-6H;1-2H3;4*1-2H3. The minimum atomic E-state index is -0.245. The molecule has 0 aromatic heterocycles. The zero-order valence-corrected chi connectivity index (χ0v) is 18.2. The maximum absolute atomic E-state index is 9.59. The summed E-state index contributed by atoms with van der Waals surface area (Å²) in [7, 11) is 1.35. The number of hydrogen-bond acceptors (Lipinski definition) is 2. The molecular weight excluding hydrogens is 308 g/mol. The topological polar surface area (TPSA) is 26.3 Å². The Kier molecular flexibility index (Phi) is 67.9. The maximum atomic E-state index is 9.59. The van der Waals surface area contributed by atoms with Crippen molar-refractivity contribution in [3.05, 3.63) is 72.8 Å². The fourth-order valence-corrected chi connectivity index (χ4v) is 0.770. The molecule has 0 aliphatic carbocycles. The van der Waals surface area contributed by atoms with Gasteiger partial charge in [0.2, 0.25) is 0 Å². The molecule has 2 rings (SSSR count). The second-order valence-corrected chi connectivity index (χ2v) is 3.01. The Labute approximate surface area is 158 Å². The van der Waals surface area contributed by atoms with Crippen LogP contribution in [0.3, 0.4) is 0 Å². The van der Waals surface area contributed by atoms with E-state index in [1.165, 1.54) is 14.0 Å². The van der Waals surface area contributed by atoms with Crippen LogP contribution in [0.2, 0.25) is 0 Å². The third-order valence-electron chi connectivity index (χ3n) is 1.62. The first-order valence-corrected chi connectivity index (χ1v) is 9.32. The van der Waals surface area contributed by atoms with Crippen LogP contribution in [0.5, 0.6) is 0 Å². The molecule has 0 radical (unpaired) electrons. The lowest BCUT2D eigenvalue weighted by Crippen LogP contribution is -1.88. The predicted octanol–water partition coefficient (Wildman–Crippen LogP) is 7.66. The molecule has 0 fully saturated rings. The van der Waals surface area contributed by atoms with Crippen LogP contribution in [-0.4, -0.2) is 13.1 Å². The smallest absolute Gasteiger partial charge is 0.302 e. The van der Waals surface area contributed by atoms with Gasteiger partial charge in [0, 0.05) is 6.92 Å². The maximum Gasteiger partial charge on any atom is 0.302 e. The zero-order chi connectivity index (χ0) is 20.8. The Morgan fingerprint density at radius 1 is 0.480 bits per heavy atom. The van der Waals surface area contributed by atoms with Crippen LogP contribution >= 0.6 is 0 Å².